The second-order valence-electron chi connectivity index (χ2n) is 6.97. The minimum atomic E-state index is -3.81. The number of alkyl carbamates (subject to hydrolysis) is 1. The van der Waals surface area contributed by atoms with E-state index in [4.69, 9.17) is 4.74 Å². The summed E-state index contributed by atoms with van der Waals surface area (Å²) >= 11 is 6.53. The van der Waals surface area contributed by atoms with Crippen LogP contribution in [0.1, 0.15) is 12.0 Å². The molecule has 31 heavy (non-hydrogen) atoms. The standard InChI is InChI=1S/C20H20Br2N4O4S/c21-15-6-7-18(22)19(8-15)31(28,29)25-16-9-17(26(11-16)13-23)12-30-20(27)24-10-14-4-2-1-3-5-14/h1-8,16-17,25H,9-12H2,(H,24,27)/t16-,17-/m1/s1. The van der Waals surface area contributed by atoms with Gasteiger partial charge in [-0.3, -0.25) is 0 Å². The van der Waals surface area contributed by atoms with Crippen molar-refractivity contribution in [2.75, 3.05) is 13.2 Å². The molecule has 1 amide bonds. The van der Waals surface area contributed by atoms with Crippen LogP contribution in [0.25, 0.3) is 0 Å². The Morgan fingerprint density at radius 2 is 1.97 bits per heavy atom. The van der Waals surface area contributed by atoms with Gasteiger partial charge in [0.25, 0.3) is 0 Å². The largest absolute Gasteiger partial charge is 0.447 e. The molecule has 2 N–H and O–H groups in total. The van der Waals surface area contributed by atoms with Crippen molar-refractivity contribution < 1.29 is 17.9 Å². The van der Waals surface area contributed by atoms with E-state index in [0.29, 0.717) is 21.9 Å². The highest BCUT2D eigenvalue weighted by atomic mass is 79.9. The maximum Gasteiger partial charge on any atom is 0.407 e. The van der Waals surface area contributed by atoms with Crippen LogP contribution in [0.5, 0.6) is 0 Å². The molecule has 1 aliphatic heterocycles. The fraction of sp³-hybridized carbons (Fsp3) is 0.300. The van der Waals surface area contributed by atoms with Gasteiger partial charge in [-0.1, -0.05) is 46.3 Å². The molecule has 0 aliphatic carbocycles. The number of rotatable bonds is 7. The third kappa shape index (κ3) is 6.43. The number of hydrogen-bond donors (Lipinski definition) is 2. The van der Waals surface area contributed by atoms with Crippen molar-refractivity contribution in [3.05, 3.63) is 63.0 Å². The van der Waals surface area contributed by atoms with Crippen molar-refractivity contribution in [2.24, 2.45) is 0 Å². The minimum Gasteiger partial charge on any atom is -0.447 e. The average molecular weight is 572 g/mol. The molecule has 0 saturated carbocycles. The van der Waals surface area contributed by atoms with Crippen LogP contribution in [0.3, 0.4) is 0 Å². The Bertz CT molecular complexity index is 1080. The summed E-state index contributed by atoms with van der Waals surface area (Å²) in [5, 5.41) is 12.1. The summed E-state index contributed by atoms with van der Waals surface area (Å²) in [7, 11) is -3.81. The summed E-state index contributed by atoms with van der Waals surface area (Å²) in [6, 6.07) is 13.4. The van der Waals surface area contributed by atoms with Gasteiger partial charge < -0.3 is 15.0 Å². The van der Waals surface area contributed by atoms with Crippen molar-refractivity contribution in [3.63, 3.8) is 0 Å². The van der Waals surface area contributed by atoms with Crippen LogP contribution in [0.4, 0.5) is 4.79 Å². The number of hydrogen-bond acceptors (Lipinski definition) is 6. The van der Waals surface area contributed by atoms with Crippen LogP contribution in [0, 0.1) is 11.5 Å². The summed E-state index contributed by atoms with van der Waals surface area (Å²) in [6.07, 6.45) is 1.79. The predicted molar refractivity (Wildman–Crippen MR) is 121 cm³/mol. The highest BCUT2D eigenvalue weighted by molar-refractivity contribution is 9.11. The molecule has 2 aromatic rings. The van der Waals surface area contributed by atoms with Gasteiger partial charge in [-0.25, -0.2) is 17.9 Å². The van der Waals surface area contributed by atoms with Crippen LogP contribution < -0.4 is 10.0 Å². The molecule has 0 bridgehead atoms. The van der Waals surface area contributed by atoms with Gasteiger partial charge in [-0.05, 0) is 46.1 Å². The summed E-state index contributed by atoms with van der Waals surface area (Å²) in [5.74, 6) is 0. The normalized spacial score (nSPS) is 18.4. The number of likely N-dealkylation sites (tertiary alicyclic amines) is 1. The zero-order valence-electron chi connectivity index (χ0n) is 16.3. The summed E-state index contributed by atoms with van der Waals surface area (Å²) in [5.41, 5.74) is 0.937. The second kappa shape index (κ2) is 10.5. The quantitative estimate of drug-likeness (QED) is 0.493. The monoisotopic (exact) mass is 570 g/mol. The number of carbonyl (C=O) groups is 1. The summed E-state index contributed by atoms with van der Waals surface area (Å²) in [4.78, 5) is 13.5. The number of carbonyl (C=O) groups excluding carboxylic acids is 1. The Hall–Kier alpha value is -2.13. The van der Waals surface area contributed by atoms with E-state index >= 15 is 0 Å². The van der Waals surface area contributed by atoms with Crippen LogP contribution in [0.2, 0.25) is 0 Å². The second-order valence-corrected chi connectivity index (χ2v) is 10.4. The van der Waals surface area contributed by atoms with Gasteiger partial charge in [0, 0.05) is 28.1 Å². The molecule has 1 saturated heterocycles. The van der Waals surface area contributed by atoms with Crippen LogP contribution >= 0.6 is 31.9 Å². The maximum atomic E-state index is 12.8. The zero-order chi connectivity index (χ0) is 22.4. The molecule has 0 radical (unpaired) electrons. The lowest BCUT2D eigenvalue weighted by Crippen LogP contribution is -2.36. The van der Waals surface area contributed by atoms with E-state index in [9.17, 15) is 18.5 Å². The molecule has 164 valence electrons. The minimum absolute atomic E-state index is 0.0208. The van der Waals surface area contributed by atoms with E-state index in [-0.39, 0.29) is 18.0 Å². The molecule has 1 fully saturated rings. The first-order chi connectivity index (χ1) is 14.8. The molecule has 11 heteroatoms. The Labute approximate surface area is 197 Å². The van der Waals surface area contributed by atoms with Gasteiger partial charge in [0.2, 0.25) is 10.0 Å². The first-order valence-corrected chi connectivity index (χ1v) is 12.4. The number of sulfonamides is 1. The van der Waals surface area contributed by atoms with Crippen LogP contribution in [0.15, 0.2) is 62.4 Å². The van der Waals surface area contributed by atoms with Crippen molar-refractivity contribution in [3.8, 4) is 6.19 Å². The number of halogens is 2. The molecule has 3 rings (SSSR count). The number of nitriles is 1. The molecular formula is C20H20Br2N4O4S. The van der Waals surface area contributed by atoms with Crippen molar-refractivity contribution in [1.82, 2.24) is 14.9 Å². The van der Waals surface area contributed by atoms with Gasteiger partial charge in [-0.15, -0.1) is 0 Å². The number of ether oxygens (including phenoxy) is 1. The van der Waals surface area contributed by atoms with E-state index in [0.717, 1.165) is 5.56 Å². The smallest absolute Gasteiger partial charge is 0.407 e. The summed E-state index contributed by atoms with van der Waals surface area (Å²) < 4.78 is 34.5. The zero-order valence-corrected chi connectivity index (χ0v) is 20.3. The number of amides is 1. The van der Waals surface area contributed by atoms with E-state index in [1.807, 2.05) is 36.5 Å². The molecule has 0 aromatic heterocycles. The highest BCUT2D eigenvalue weighted by Gasteiger charge is 2.35. The first kappa shape index (κ1) is 23.5. The lowest BCUT2D eigenvalue weighted by atomic mass is 10.2. The lowest BCUT2D eigenvalue weighted by molar-refractivity contribution is 0.121. The predicted octanol–water partition coefficient (Wildman–Crippen LogP) is 3.34. The molecular weight excluding hydrogens is 552 g/mol. The van der Waals surface area contributed by atoms with Gasteiger partial charge in [0.1, 0.15) is 6.61 Å². The lowest BCUT2D eigenvalue weighted by Gasteiger charge is -2.17. The van der Waals surface area contributed by atoms with Crippen LogP contribution in [-0.2, 0) is 21.3 Å². The highest BCUT2D eigenvalue weighted by Crippen LogP contribution is 2.27. The molecule has 0 spiro atoms. The van der Waals surface area contributed by atoms with E-state index < -0.39 is 28.2 Å². The molecule has 2 atom stereocenters. The molecule has 1 heterocycles. The molecule has 1 aliphatic rings. The molecule has 8 nitrogen and oxygen atoms in total. The number of benzene rings is 2. The molecule has 0 unspecified atom stereocenters. The Kier molecular flexibility index (Phi) is 7.94. The fourth-order valence-electron chi connectivity index (χ4n) is 3.24. The number of nitrogens with one attached hydrogen (secondary N) is 2. The van der Waals surface area contributed by atoms with Gasteiger partial charge in [0.15, 0.2) is 6.19 Å². The fourth-order valence-corrected chi connectivity index (χ4v) is 5.98. The average Bonchev–Trinajstić information content (AvgIpc) is 3.14. The maximum absolute atomic E-state index is 12.8. The van der Waals surface area contributed by atoms with E-state index in [2.05, 4.69) is 41.9 Å². The van der Waals surface area contributed by atoms with Gasteiger partial charge in [-0.2, -0.15) is 5.26 Å². The Morgan fingerprint density at radius 1 is 1.23 bits per heavy atom. The third-order valence-corrected chi connectivity index (χ3v) is 7.74. The summed E-state index contributed by atoms with van der Waals surface area (Å²) in [6.45, 7) is 0.504. The Balaban J connectivity index is 1.55. The first-order valence-electron chi connectivity index (χ1n) is 9.37. The topological polar surface area (TPSA) is 112 Å². The third-order valence-electron chi connectivity index (χ3n) is 4.73. The number of nitrogens with zero attached hydrogens (tertiary/aromatic N) is 2. The Morgan fingerprint density at radius 3 is 2.68 bits per heavy atom. The van der Waals surface area contributed by atoms with E-state index in [1.165, 1.54) is 11.0 Å². The SMILES string of the molecule is N#CN1C[C@H](NS(=O)(=O)c2cc(Br)ccc2Br)C[C@@H]1COC(=O)NCc1ccccc1. The van der Waals surface area contributed by atoms with Crippen LogP contribution in [-0.4, -0.2) is 44.6 Å². The van der Waals surface area contributed by atoms with E-state index in [1.54, 1.807) is 12.1 Å². The van der Waals surface area contributed by atoms with Crippen molar-refractivity contribution in [2.45, 2.75) is 29.9 Å². The van der Waals surface area contributed by atoms with Crippen molar-refractivity contribution >= 4 is 48.0 Å². The van der Waals surface area contributed by atoms with Crippen molar-refractivity contribution in [1.29, 1.82) is 5.26 Å². The molecule has 2 aromatic carbocycles. The van der Waals surface area contributed by atoms with Gasteiger partial charge >= 0.3 is 6.09 Å². The van der Waals surface area contributed by atoms with Gasteiger partial charge in [0.05, 0.1) is 10.9 Å².